The quantitative estimate of drug-likeness (QED) is 0.809. The molecule has 0 aliphatic rings. The van der Waals surface area contributed by atoms with E-state index in [9.17, 15) is 9.59 Å². The van der Waals surface area contributed by atoms with Crippen molar-refractivity contribution in [3.05, 3.63) is 71.8 Å². The van der Waals surface area contributed by atoms with E-state index in [1.54, 1.807) is 24.3 Å². The van der Waals surface area contributed by atoms with Gasteiger partial charge in [-0.2, -0.15) is 0 Å². The summed E-state index contributed by atoms with van der Waals surface area (Å²) >= 11 is -1.88. The molecule has 0 bridgehead atoms. The standard InChI is InChI=1S/2C7H5O.CH4.Zn/c2*8-6-7-4-2-1-3-5-7;;/h2*1-5H;1H4;. The molecule has 0 aromatic heterocycles. The Morgan fingerprint density at radius 2 is 1.00 bits per heavy atom. The number of benzene rings is 2. The van der Waals surface area contributed by atoms with Crippen molar-refractivity contribution in [3.8, 4) is 0 Å². The summed E-state index contributed by atoms with van der Waals surface area (Å²) in [7, 11) is 0. The van der Waals surface area contributed by atoms with Gasteiger partial charge in [-0.1, -0.05) is 7.43 Å². The van der Waals surface area contributed by atoms with E-state index >= 15 is 0 Å². The molecule has 2 rings (SSSR count). The molecule has 0 saturated carbocycles. The number of carbonyl (C=O) groups is 2. The number of carbonyl (C=O) groups excluding carboxylic acids is 2. The number of rotatable bonds is 4. The Bertz CT molecular complexity index is 471. The second-order valence-electron chi connectivity index (χ2n) is 3.76. The summed E-state index contributed by atoms with van der Waals surface area (Å²) in [4.78, 5) is 23.8. The zero-order valence-electron chi connectivity index (χ0n) is 9.30. The van der Waals surface area contributed by atoms with Crippen molar-refractivity contribution < 1.29 is 26.7 Å². The van der Waals surface area contributed by atoms with Crippen LogP contribution in [-0.2, 0) is 17.1 Å². The topological polar surface area (TPSA) is 34.1 Å². The van der Waals surface area contributed by atoms with Crippen molar-refractivity contribution in [1.29, 1.82) is 0 Å². The Labute approximate surface area is 115 Å². The Hall–Kier alpha value is -1.60. The Kier molecular flexibility index (Phi) is 5.61. The predicted molar refractivity (Wildman–Crippen MR) is 68.3 cm³/mol. The molecular formula is C15H14O2Zn. The van der Waals surface area contributed by atoms with Crippen molar-refractivity contribution in [2.45, 2.75) is 7.43 Å². The third-order valence-electron chi connectivity index (χ3n) is 2.51. The normalized spacial score (nSPS) is 8.89. The molecule has 0 saturated heterocycles. The van der Waals surface area contributed by atoms with E-state index in [0.29, 0.717) is 11.1 Å². The second kappa shape index (κ2) is 6.98. The monoisotopic (exact) mass is 290 g/mol. The average Bonchev–Trinajstić information content (AvgIpc) is 2.40. The van der Waals surface area contributed by atoms with Crippen LogP contribution >= 0.6 is 0 Å². The van der Waals surface area contributed by atoms with Gasteiger partial charge in [-0.3, -0.25) is 0 Å². The third-order valence-corrected chi connectivity index (χ3v) is 5.57. The molecule has 0 unspecified atom stereocenters. The zero-order chi connectivity index (χ0) is 12.1. The second-order valence-corrected chi connectivity index (χ2v) is 7.19. The van der Waals surface area contributed by atoms with Crippen LogP contribution in [0.15, 0.2) is 60.7 Å². The van der Waals surface area contributed by atoms with E-state index in [1.165, 1.54) is 0 Å². The fourth-order valence-electron chi connectivity index (χ4n) is 1.60. The maximum atomic E-state index is 11.9. The predicted octanol–water partition coefficient (Wildman–Crippen LogP) is 3.39. The van der Waals surface area contributed by atoms with Crippen molar-refractivity contribution in [2.24, 2.45) is 0 Å². The van der Waals surface area contributed by atoms with Crippen LogP contribution in [0, 0.1) is 0 Å². The molecule has 2 nitrogen and oxygen atoms in total. The maximum absolute atomic E-state index is 11.9. The summed E-state index contributed by atoms with van der Waals surface area (Å²) < 4.78 is 0.0962. The molecule has 0 fully saturated rings. The van der Waals surface area contributed by atoms with E-state index < -0.39 is 17.1 Å². The first-order chi connectivity index (χ1) is 8.27. The SMILES string of the molecule is C.O=[C]([Zn][C](=O)c1ccccc1)c1ccccc1. The summed E-state index contributed by atoms with van der Waals surface area (Å²) in [6, 6.07) is 18.1. The fourth-order valence-corrected chi connectivity index (χ4v) is 4.06. The summed E-state index contributed by atoms with van der Waals surface area (Å²) in [5.41, 5.74) is 1.33. The molecule has 2 aromatic rings. The number of hydrogen-bond acceptors (Lipinski definition) is 2. The van der Waals surface area contributed by atoms with Crippen LogP contribution in [-0.4, -0.2) is 8.76 Å². The zero-order valence-corrected chi connectivity index (χ0v) is 12.3. The van der Waals surface area contributed by atoms with E-state index in [-0.39, 0.29) is 16.2 Å². The van der Waals surface area contributed by atoms with Crippen molar-refractivity contribution in [1.82, 2.24) is 0 Å². The minimum atomic E-state index is -1.88. The van der Waals surface area contributed by atoms with Gasteiger partial charge in [0.25, 0.3) is 0 Å². The van der Waals surface area contributed by atoms with Crippen LogP contribution in [0.25, 0.3) is 0 Å². The van der Waals surface area contributed by atoms with Crippen molar-refractivity contribution >= 4 is 8.76 Å². The van der Waals surface area contributed by atoms with Crippen molar-refractivity contribution in [3.63, 3.8) is 0 Å². The van der Waals surface area contributed by atoms with Gasteiger partial charge in [-0.25, -0.2) is 0 Å². The van der Waals surface area contributed by atoms with Gasteiger partial charge in [-0.05, 0) is 0 Å². The summed E-state index contributed by atoms with van der Waals surface area (Å²) in [5.74, 6) is 0. The fraction of sp³-hybridized carbons (Fsp3) is 0.0667. The van der Waals surface area contributed by atoms with Gasteiger partial charge >= 0.3 is 107 Å². The first-order valence-electron chi connectivity index (χ1n) is 5.44. The Morgan fingerprint density at radius 1 is 0.667 bits per heavy atom. The Morgan fingerprint density at radius 3 is 1.33 bits per heavy atom. The van der Waals surface area contributed by atoms with E-state index in [1.807, 2.05) is 36.4 Å². The van der Waals surface area contributed by atoms with Gasteiger partial charge in [0.15, 0.2) is 0 Å². The van der Waals surface area contributed by atoms with Crippen molar-refractivity contribution in [2.75, 3.05) is 0 Å². The van der Waals surface area contributed by atoms with Crippen LogP contribution in [0.3, 0.4) is 0 Å². The van der Waals surface area contributed by atoms with E-state index in [4.69, 9.17) is 0 Å². The van der Waals surface area contributed by atoms with Gasteiger partial charge in [-0.15, -0.1) is 0 Å². The molecule has 2 aromatic carbocycles. The third kappa shape index (κ3) is 3.71. The molecule has 88 valence electrons. The van der Waals surface area contributed by atoms with E-state index in [2.05, 4.69) is 0 Å². The molecule has 0 atom stereocenters. The van der Waals surface area contributed by atoms with Gasteiger partial charge < -0.3 is 0 Å². The Balaban J connectivity index is 0.00000162. The molecule has 0 heterocycles. The molecule has 0 spiro atoms. The molecule has 0 radical (unpaired) electrons. The van der Waals surface area contributed by atoms with Gasteiger partial charge in [0.05, 0.1) is 0 Å². The van der Waals surface area contributed by atoms with Crippen LogP contribution in [0.1, 0.15) is 28.1 Å². The van der Waals surface area contributed by atoms with Crippen LogP contribution < -0.4 is 0 Å². The first-order valence-corrected chi connectivity index (χ1v) is 8.40. The molecule has 0 N–H and O–H groups in total. The van der Waals surface area contributed by atoms with Gasteiger partial charge in [0.2, 0.25) is 0 Å². The molecule has 3 heteroatoms. The minimum absolute atomic E-state index is 0. The average molecular weight is 292 g/mol. The summed E-state index contributed by atoms with van der Waals surface area (Å²) in [5, 5.41) is 0. The molecule has 0 aliphatic heterocycles. The molecule has 18 heavy (non-hydrogen) atoms. The molecular weight excluding hydrogens is 278 g/mol. The summed E-state index contributed by atoms with van der Waals surface area (Å²) in [6.07, 6.45) is 0. The number of hydrogen-bond donors (Lipinski definition) is 0. The molecule has 0 amide bonds. The first kappa shape index (κ1) is 14.5. The van der Waals surface area contributed by atoms with Gasteiger partial charge in [0, 0.05) is 0 Å². The summed E-state index contributed by atoms with van der Waals surface area (Å²) in [6.45, 7) is 0. The van der Waals surface area contributed by atoms with Crippen LogP contribution in [0.2, 0.25) is 0 Å². The van der Waals surface area contributed by atoms with Crippen LogP contribution in [0.5, 0.6) is 0 Å². The van der Waals surface area contributed by atoms with Gasteiger partial charge in [0.1, 0.15) is 0 Å². The van der Waals surface area contributed by atoms with Crippen LogP contribution in [0.4, 0.5) is 0 Å². The van der Waals surface area contributed by atoms with E-state index in [0.717, 1.165) is 0 Å². The molecule has 0 aliphatic carbocycles.